The molecule has 2 aromatic heterocycles. The summed E-state index contributed by atoms with van der Waals surface area (Å²) in [6, 6.07) is 3.24. The topological polar surface area (TPSA) is 72.2 Å². The molecule has 0 atom stereocenters. The van der Waals surface area contributed by atoms with Crippen molar-refractivity contribution in [1.82, 2.24) is 9.55 Å². The van der Waals surface area contributed by atoms with E-state index in [4.69, 9.17) is 11.6 Å². The molecular weight excluding hydrogens is 349 g/mol. The van der Waals surface area contributed by atoms with Gasteiger partial charge in [-0.1, -0.05) is 11.6 Å². The second kappa shape index (κ2) is 5.64. The maximum atomic E-state index is 14.1. The molecule has 3 rings (SSSR count). The number of hydrogen-bond donors (Lipinski definition) is 1. The van der Waals surface area contributed by atoms with E-state index in [1.807, 2.05) is 0 Å². The van der Waals surface area contributed by atoms with Crippen LogP contribution in [0.2, 0.25) is 5.15 Å². The third kappa shape index (κ3) is 2.41. The van der Waals surface area contributed by atoms with Crippen molar-refractivity contribution in [1.29, 1.82) is 0 Å². The number of aromatic nitrogens is 2. The number of aromatic carboxylic acids is 1. The Morgan fingerprint density at radius 2 is 1.88 bits per heavy atom. The van der Waals surface area contributed by atoms with Crippen molar-refractivity contribution in [3.63, 3.8) is 0 Å². The highest BCUT2D eigenvalue weighted by Gasteiger charge is 2.24. The number of fused-ring (bicyclic) bond motifs is 1. The zero-order valence-electron chi connectivity index (χ0n) is 11.6. The number of nitrogens with zero attached hydrogens (tertiary/aromatic N) is 2. The van der Waals surface area contributed by atoms with Crippen molar-refractivity contribution in [2.45, 2.75) is 0 Å². The Hall–Kier alpha value is -2.87. The van der Waals surface area contributed by atoms with Gasteiger partial charge in [0, 0.05) is 6.07 Å². The summed E-state index contributed by atoms with van der Waals surface area (Å²) in [6.07, 6.45) is 0.760. The average molecular weight is 355 g/mol. The lowest BCUT2D eigenvalue weighted by Gasteiger charge is -2.15. The van der Waals surface area contributed by atoms with Crippen LogP contribution < -0.4 is 5.43 Å². The minimum absolute atomic E-state index is 0.262. The fraction of sp³-hybridized carbons (Fsp3) is 0. The molecule has 1 N–H and O–H groups in total. The number of pyridine rings is 2. The molecule has 0 saturated carbocycles. The molecule has 9 heteroatoms. The third-order valence-corrected chi connectivity index (χ3v) is 3.64. The summed E-state index contributed by atoms with van der Waals surface area (Å²) in [7, 11) is 0. The lowest BCUT2D eigenvalue weighted by molar-refractivity contribution is 0.0695. The highest BCUT2D eigenvalue weighted by atomic mass is 35.5. The molecule has 0 fully saturated rings. The van der Waals surface area contributed by atoms with Crippen LogP contribution in [0.4, 0.5) is 13.2 Å². The van der Waals surface area contributed by atoms with Crippen LogP contribution in [0.15, 0.2) is 35.3 Å². The number of hydrogen-bond acceptors (Lipinski definition) is 3. The largest absolute Gasteiger partial charge is 0.477 e. The minimum atomic E-state index is -1.67. The van der Waals surface area contributed by atoms with Gasteiger partial charge in [0.2, 0.25) is 5.43 Å². The fourth-order valence-electron chi connectivity index (χ4n) is 2.28. The smallest absolute Gasteiger partial charge is 0.342 e. The van der Waals surface area contributed by atoms with E-state index in [9.17, 15) is 27.9 Å². The summed E-state index contributed by atoms with van der Waals surface area (Å²) < 4.78 is 41.4. The van der Waals surface area contributed by atoms with Gasteiger partial charge in [-0.2, -0.15) is 0 Å². The van der Waals surface area contributed by atoms with Crippen LogP contribution >= 0.6 is 11.6 Å². The Kier molecular flexibility index (Phi) is 3.76. The van der Waals surface area contributed by atoms with E-state index in [1.165, 1.54) is 0 Å². The quantitative estimate of drug-likeness (QED) is 0.718. The molecule has 0 radical (unpaired) electrons. The first-order chi connectivity index (χ1) is 11.3. The average Bonchev–Trinajstić information content (AvgIpc) is 2.49. The van der Waals surface area contributed by atoms with Crippen molar-refractivity contribution in [3.05, 3.63) is 68.9 Å². The van der Waals surface area contributed by atoms with Crippen LogP contribution in [0.1, 0.15) is 10.4 Å². The lowest BCUT2D eigenvalue weighted by Crippen LogP contribution is -2.21. The van der Waals surface area contributed by atoms with Gasteiger partial charge in [-0.25, -0.2) is 22.9 Å². The molecule has 2 heterocycles. The van der Waals surface area contributed by atoms with Crippen LogP contribution in [0.3, 0.4) is 0 Å². The second-order valence-corrected chi connectivity index (χ2v) is 5.11. The molecule has 5 nitrogen and oxygen atoms in total. The van der Waals surface area contributed by atoms with Crippen LogP contribution in [-0.2, 0) is 0 Å². The fourth-order valence-corrected chi connectivity index (χ4v) is 2.62. The normalized spacial score (nSPS) is 11.0. The van der Waals surface area contributed by atoms with Crippen LogP contribution in [0.25, 0.3) is 16.7 Å². The number of rotatable bonds is 2. The number of halogens is 4. The summed E-state index contributed by atoms with van der Waals surface area (Å²) in [5, 5.41) is 8.16. The summed E-state index contributed by atoms with van der Waals surface area (Å²) in [6.45, 7) is 0. The van der Waals surface area contributed by atoms with Crippen molar-refractivity contribution in [2.75, 3.05) is 0 Å². The lowest BCUT2D eigenvalue weighted by atomic mass is 10.1. The molecule has 0 aliphatic heterocycles. The highest BCUT2D eigenvalue weighted by molar-refractivity contribution is 6.33. The van der Waals surface area contributed by atoms with Gasteiger partial charge in [0.1, 0.15) is 33.8 Å². The van der Waals surface area contributed by atoms with E-state index in [0.29, 0.717) is 6.07 Å². The van der Waals surface area contributed by atoms with E-state index >= 15 is 0 Å². The molecule has 24 heavy (non-hydrogen) atoms. The van der Waals surface area contributed by atoms with Gasteiger partial charge in [-0.15, -0.1) is 0 Å². The predicted molar refractivity (Wildman–Crippen MR) is 79.2 cm³/mol. The monoisotopic (exact) mass is 354 g/mol. The molecule has 1 aromatic carbocycles. The predicted octanol–water partition coefficient (Wildman–Crippen LogP) is 3.15. The van der Waals surface area contributed by atoms with E-state index < -0.39 is 45.0 Å². The second-order valence-electron chi connectivity index (χ2n) is 4.76. The Labute approximate surface area is 136 Å². The molecule has 0 bridgehead atoms. The van der Waals surface area contributed by atoms with Crippen LogP contribution in [0.5, 0.6) is 0 Å². The van der Waals surface area contributed by atoms with Crippen molar-refractivity contribution >= 4 is 28.6 Å². The van der Waals surface area contributed by atoms with E-state index in [-0.39, 0.29) is 11.3 Å². The summed E-state index contributed by atoms with van der Waals surface area (Å²) in [5.41, 5.74) is -2.54. The number of carboxylic acid groups (broad SMARTS) is 1. The number of benzene rings is 1. The summed E-state index contributed by atoms with van der Waals surface area (Å²) in [4.78, 5) is 27.2. The highest BCUT2D eigenvalue weighted by Crippen LogP contribution is 2.26. The summed E-state index contributed by atoms with van der Waals surface area (Å²) >= 11 is 5.96. The Balaban J connectivity index is 2.55. The molecule has 122 valence electrons. The van der Waals surface area contributed by atoms with Crippen LogP contribution in [-0.4, -0.2) is 20.6 Å². The molecule has 0 aliphatic carbocycles. The van der Waals surface area contributed by atoms with Gasteiger partial charge in [-0.3, -0.25) is 9.36 Å². The van der Waals surface area contributed by atoms with Gasteiger partial charge in [0.15, 0.2) is 0 Å². The van der Waals surface area contributed by atoms with Gasteiger partial charge in [0.05, 0.1) is 17.3 Å². The zero-order valence-corrected chi connectivity index (χ0v) is 12.3. The third-order valence-electron chi connectivity index (χ3n) is 3.28. The van der Waals surface area contributed by atoms with Crippen molar-refractivity contribution in [3.8, 4) is 5.69 Å². The first kappa shape index (κ1) is 16.0. The molecule has 0 amide bonds. The Morgan fingerprint density at radius 3 is 2.50 bits per heavy atom. The molecular formula is C15H6ClF3N2O3. The molecule has 3 aromatic rings. The van der Waals surface area contributed by atoms with Crippen molar-refractivity contribution in [2.24, 2.45) is 0 Å². The summed E-state index contributed by atoms with van der Waals surface area (Å²) in [5.74, 6) is -4.49. The SMILES string of the molecule is O=C(O)c1c(Cl)n(-c2ccc(F)cc2F)c2ncc(F)cc2c1=O. The molecule has 0 saturated heterocycles. The zero-order chi connectivity index (χ0) is 17.6. The van der Waals surface area contributed by atoms with Gasteiger partial charge in [-0.05, 0) is 18.2 Å². The Bertz CT molecular complexity index is 1070. The minimum Gasteiger partial charge on any atom is -0.477 e. The number of carbonyl (C=O) groups is 1. The maximum absolute atomic E-state index is 14.1. The molecule has 0 aliphatic rings. The van der Waals surface area contributed by atoms with Crippen molar-refractivity contribution < 1.29 is 23.1 Å². The standard InChI is InChI=1S/C15H6ClF3N2O3/c16-13-11(15(23)24)12(22)8-3-7(18)5-20-14(8)21(13)10-2-1-6(17)4-9(10)19/h1-5H,(H,23,24). The van der Waals surface area contributed by atoms with Gasteiger partial charge in [0.25, 0.3) is 0 Å². The van der Waals surface area contributed by atoms with E-state index in [1.54, 1.807) is 0 Å². The maximum Gasteiger partial charge on any atom is 0.342 e. The Morgan fingerprint density at radius 1 is 1.17 bits per heavy atom. The molecule has 0 unspecified atom stereocenters. The van der Waals surface area contributed by atoms with E-state index in [0.717, 1.165) is 29.0 Å². The van der Waals surface area contributed by atoms with Gasteiger partial charge < -0.3 is 5.11 Å². The first-order valence-corrected chi connectivity index (χ1v) is 6.77. The van der Waals surface area contributed by atoms with Crippen LogP contribution in [0, 0.1) is 17.5 Å². The van der Waals surface area contributed by atoms with E-state index in [2.05, 4.69) is 4.98 Å². The molecule has 0 spiro atoms. The van der Waals surface area contributed by atoms with Gasteiger partial charge >= 0.3 is 5.97 Å². The first-order valence-electron chi connectivity index (χ1n) is 6.39. The number of carboxylic acids is 1.